The number of aromatic nitrogens is 4. The number of piperazine rings is 1. The molecule has 1 amide bonds. The zero-order chi connectivity index (χ0) is 17.4. The Hall–Kier alpha value is -2.44. The Labute approximate surface area is 147 Å². The van der Waals surface area contributed by atoms with Crippen LogP contribution in [0.1, 0.15) is 37.9 Å². The minimum atomic E-state index is 0.113. The van der Waals surface area contributed by atoms with Gasteiger partial charge >= 0.3 is 0 Å². The maximum absolute atomic E-state index is 12.2. The third-order valence-corrected chi connectivity index (χ3v) is 4.98. The predicted molar refractivity (Wildman–Crippen MR) is 95.6 cm³/mol. The van der Waals surface area contributed by atoms with E-state index in [1.54, 1.807) is 12.4 Å². The molecule has 4 rings (SSSR count). The van der Waals surface area contributed by atoms with E-state index in [1.165, 1.54) is 24.1 Å². The van der Waals surface area contributed by atoms with Crippen LogP contribution in [0.4, 0.5) is 5.82 Å². The summed E-state index contributed by atoms with van der Waals surface area (Å²) in [6.45, 7) is 7.00. The Morgan fingerprint density at radius 1 is 1.12 bits per heavy atom. The third kappa shape index (κ3) is 2.99. The summed E-state index contributed by atoms with van der Waals surface area (Å²) < 4.78 is 1.87. The number of fused-ring (bicyclic) bond motifs is 2. The number of carbonyl (C=O) groups excluding carboxylic acids is 1. The number of rotatable bonds is 2. The molecule has 7 nitrogen and oxygen atoms in total. The van der Waals surface area contributed by atoms with Gasteiger partial charge in [0.15, 0.2) is 0 Å². The van der Waals surface area contributed by atoms with E-state index in [9.17, 15) is 4.79 Å². The summed E-state index contributed by atoms with van der Waals surface area (Å²) in [6, 6.07) is 0. The molecule has 2 aliphatic rings. The molecule has 0 aromatic carbocycles. The number of amides is 1. The standard InChI is InChI=1S/C18H24N6O/c1-13(2)11-16(25)22-7-9-23(10-8-22)17-14-5-3-4-6-15(14)21-18-19-12-20-24(17)18/h11-12H,3-10H2,1-2H3. The number of nitrogens with zero attached hydrogens (tertiary/aromatic N) is 6. The summed E-state index contributed by atoms with van der Waals surface area (Å²) in [4.78, 5) is 25.5. The Bertz CT molecular complexity index is 827. The molecule has 0 radical (unpaired) electrons. The number of carbonyl (C=O) groups is 1. The molecule has 1 aliphatic heterocycles. The van der Waals surface area contributed by atoms with Crippen LogP contribution in [0.15, 0.2) is 18.0 Å². The molecule has 3 heterocycles. The molecule has 25 heavy (non-hydrogen) atoms. The highest BCUT2D eigenvalue weighted by molar-refractivity contribution is 5.88. The smallest absolute Gasteiger partial charge is 0.254 e. The number of aryl methyl sites for hydroxylation is 1. The first-order valence-corrected chi connectivity index (χ1v) is 9.04. The molecular weight excluding hydrogens is 316 g/mol. The van der Waals surface area contributed by atoms with Crippen LogP contribution >= 0.6 is 0 Å². The summed E-state index contributed by atoms with van der Waals surface area (Å²) in [7, 11) is 0. The van der Waals surface area contributed by atoms with E-state index in [-0.39, 0.29) is 5.91 Å². The summed E-state index contributed by atoms with van der Waals surface area (Å²) in [5, 5.41) is 4.41. The lowest BCUT2D eigenvalue weighted by atomic mass is 9.96. The number of hydrogen-bond donors (Lipinski definition) is 0. The van der Waals surface area contributed by atoms with E-state index in [2.05, 4.69) is 15.0 Å². The average molecular weight is 340 g/mol. The zero-order valence-corrected chi connectivity index (χ0v) is 14.9. The Kier molecular flexibility index (Phi) is 4.15. The van der Waals surface area contributed by atoms with Crippen molar-refractivity contribution in [1.82, 2.24) is 24.5 Å². The first-order chi connectivity index (χ1) is 12.1. The van der Waals surface area contributed by atoms with Gasteiger partial charge in [-0.05, 0) is 39.5 Å². The summed E-state index contributed by atoms with van der Waals surface area (Å²) >= 11 is 0. The van der Waals surface area contributed by atoms with Gasteiger partial charge in [0.25, 0.3) is 5.78 Å². The SMILES string of the molecule is CC(C)=CC(=O)N1CCN(c2c3c(nc4ncnn24)CCCC3)CC1. The van der Waals surface area contributed by atoms with Crippen LogP contribution in [-0.2, 0) is 17.6 Å². The van der Waals surface area contributed by atoms with Crippen molar-refractivity contribution in [2.45, 2.75) is 39.5 Å². The second kappa shape index (κ2) is 6.46. The van der Waals surface area contributed by atoms with E-state index in [4.69, 9.17) is 4.98 Å². The molecule has 132 valence electrons. The quantitative estimate of drug-likeness (QED) is 0.777. The van der Waals surface area contributed by atoms with E-state index < -0.39 is 0 Å². The van der Waals surface area contributed by atoms with Crippen molar-refractivity contribution in [2.75, 3.05) is 31.1 Å². The Balaban J connectivity index is 1.62. The van der Waals surface area contributed by atoms with Crippen LogP contribution in [0.5, 0.6) is 0 Å². The average Bonchev–Trinajstić information content (AvgIpc) is 3.07. The molecule has 0 spiro atoms. The van der Waals surface area contributed by atoms with Gasteiger partial charge in [0.05, 0.1) is 5.69 Å². The normalized spacial score (nSPS) is 17.5. The van der Waals surface area contributed by atoms with Gasteiger partial charge in [-0.1, -0.05) is 5.57 Å². The fourth-order valence-corrected chi connectivity index (χ4v) is 3.76. The predicted octanol–water partition coefficient (Wildman–Crippen LogP) is 1.62. The maximum Gasteiger partial charge on any atom is 0.254 e. The van der Waals surface area contributed by atoms with Gasteiger partial charge in [0, 0.05) is 37.8 Å². The van der Waals surface area contributed by atoms with E-state index in [0.29, 0.717) is 5.78 Å². The molecule has 1 saturated heterocycles. The van der Waals surface area contributed by atoms with E-state index >= 15 is 0 Å². The monoisotopic (exact) mass is 340 g/mol. The zero-order valence-electron chi connectivity index (χ0n) is 14.9. The van der Waals surface area contributed by atoms with Crippen LogP contribution in [0.25, 0.3) is 5.78 Å². The van der Waals surface area contributed by atoms with Crippen molar-refractivity contribution in [3.63, 3.8) is 0 Å². The first-order valence-electron chi connectivity index (χ1n) is 9.04. The van der Waals surface area contributed by atoms with Gasteiger partial charge in [-0.25, -0.2) is 4.98 Å². The highest BCUT2D eigenvalue weighted by Gasteiger charge is 2.27. The lowest BCUT2D eigenvalue weighted by Crippen LogP contribution is -2.49. The van der Waals surface area contributed by atoms with Crippen molar-refractivity contribution in [3.05, 3.63) is 29.2 Å². The van der Waals surface area contributed by atoms with Gasteiger partial charge < -0.3 is 9.80 Å². The molecular formula is C18H24N6O. The second-order valence-corrected chi connectivity index (χ2v) is 7.07. The number of hydrogen-bond acceptors (Lipinski definition) is 5. The molecule has 0 unspecified atom stereocenters. The van der Waals surface area contributed by atoms with Crippen molar-refractivity contribution in [2.24, 2.45) is 0 Å². The van der Waals surface area contributed by atoms with Gasteiger partial charge in [-0.3, -0.25) is 4.79 Å². The molecule has 1 aliphatic carbocycles. The molecule has 7 heteroatoms. The maximum atomic E-state index is 12.2. The van der Waals surface area contributed by atoms with Gasteiger partial charge in [0.1, 0.15) is 12.1 Å². The molecule has 0 saturated carbocycles. The third-order valence-electron chi connectivity index (χ3n) is 4.98. The molecule has 2 aromatic rings. The lowest BCUT2D eigenvalue weighted by Gasteiger charge is -2.37. The van der Waals surface area contributed by atoms with Crippen LogP contribution in [-0.4, -0.2) is 56.6 Å². The largest absolute Gasteiger partial charge is 0.353 e. The van der Waals surface area contributed by atoms with E-state index in [1.807, 2.05) is 23.3 Å². The topological polar surface area (TPSA) is 66.6 Å². The highest BCUT2D eigenvalue weighted by atomic mass is 16.2. The van der Waals surface area contributed by atoms with Crippen molar-refractivity contribution in [3.8, 4) is 0 Å². The molecule has 0 bridgehead atoms. The molecule has 1 fully saturated rings. The number of anilines is 1. The van der Waals surface area contributed by atoms with Crippen molar-refractivity contribution in [1.29, 1.82) is 0 Å². The Morgan fingerprint density at radius 3 is 2.64 bits per heavy atom. The molecule has 0 N–H and O–H groups in total. The summed E-state index contributed by atoms with van der Waals surface area (Å²) in [6.07, 6.45) is 7.75. The lowest BCUT2D eigenvalue weighted by molar-refractivity contribution is -0.126. The van der Waals surface area contributed by atoms with Crippen LogP contribution in [0, 0.1) is 0 Å². The first kappa shape index (κ1) is 16.1. The van der Waals surface area contributed by atoms with Crippen molar-refractivity contribution >= 4 is 17.5 Å². The molecule has 2 aromatic heterocycles. The minimum absolute atomic E-state index is 0.113. The van der Waals surface area contributed by atoms with Crippen LogP contribution in [0.2, 0.25) is 0 Å². The van der Waals surface area contributed by atoms with E-state index in [0.717, 1.165) is 50.4 Å². The fourth-order valence-electron chi connectivity index (χ4n) is 3.76. The minimum Gasteiger partial charge on any atom is -0.353 e. The Morgan fingerprint density at radius 2 is 1.88 bits per heavy atom. The highest BCUT2D eigenvalue weighted by Crippen LogP contribution is 2.30. The summed E-state index contributed by atoms with van der Waals surface area (Å²) in [5.74, 6) is 1.92. The molecule has 0 atom stereocenters. The van der Waals surface area contributed by atoms with Gasteiger partial charge in [-0.2, -0.15) is 14.6 Å². The van der Waals surface area contributed by atoms with Crippen molar-refractivity contribution < 1.29 is 4.79 Å². The van der Waals surface area contributed by atoms with Gasteiger partial charge in [0.2, 0.25) is 5.91 Å². The number of allylic oxidation sites excluding steroid dienone is 1. The van der Waals surface area contributed by atoms with Crippen LogP contribution in [0.3, 0.4) is 0 Å². The second-order valence-electron chi connectivity index (χ2n) is 7.07. The fraction of sp³-hybridized carbons (Fsp3) is 0.556. The van der Waals surface area contributed by atoms with Crippen LogP contribution < -0.4 is 4.90 Å². The summed E-state index contributed by atoms with van der Waals surface area (Å²) in [5.41, 5.74) is 3.53. The van der Waals surface area contributed by atoms with Gasteiger partial charge in [-0.15, -0.1) is 0 Å².